The Kier molecular flexibility index (Phi) is 36.9. The Bertz CT molecular complexity index is 312. The second-order valence-corrected chi connectivity index (χ2v) is 6.46. The predicted octanol–water partition coefficient (Wildman–Crippen LogP) is -9.44. The van der Waals surface area contributed by atoms with Crippen LogP contribution in [0.5, 0.6) is 0 Å². The van der Waals surface area contributed by atoms with Crippen molar-refractivity contribution in [2.24, 2.45) is 0 Å². The van der Waals surface area contributed by atoms with Crippen molar-refractivity contribution in [2.45, 2.75) is 84.5 Å². The lowest BCUT2D eigenvalue weighted by Gasteiger charge is -2.19. The number of hydrogen-bond acceptors (Lipinski definition) is 5. The molecule has 0 bridgehead atoms. The van der Waals surface area contributed by atoms with E-state index in [0.29, 0.717) is 52.1 Å². The molecule has 0 aliphatic heterocycles. The first-order valence-corrected chi connectivity index (χ1v) is 8.61. The van der Waals surface area contributed by atoms with E-state index in [1.54, 1.807) is 14.2 Å². The van der Waals surface area contributed by atoms with Gasteiger partial charge in [0.2, 0.25) is 0 Å². The van der Waals surface area contributed by atoms with Crippen molar-refractivity contribution in [2.75, 3.05) is 21.3 Å². The molecule has 1 fully saturated rings. The summed E-state index contributed by atoms with van der Waals surface area (Å²) in [6, 6.07) is 0. The number of nitrogens with two attached hydrogens (primary N) is 4. The molecule has 0 heterocycles. The number of hydroxylamine groups is 1. The highest BCUT2D eigenvalue weighted by Crippen LogP contribution is 2.18. The van der Waals surface area contributed by atoms with Crippen LogP contribution >= 0.6 is 0 Å². The molecule has 0 saturated heterocycles. The van der Waals surface area contributed by atoms with Gasteiger partial charge < -0.3 is 26.5 Å². The van der Waals surface area contributed by atoms with Gasteiger partial charge in [-0.1, -0.05) is 19.3 Å². The molecule has 1 aliphatic rings. The summed E-state index contributed by atoms with van der Waals surface area (Å²) in [5.74, 6) is 0. The summed E-state index contributed by atoms with van der Waals surface area (Å²) in [6.45, 7) is 10.3. The van der Waals surface area contributed by atoms with E-state index in [2.05, 4.69) is 31.0 Å². The molecule has 15 heteroatoms. The lowest BCUT2D eigenvalue weighted by molar-refractivity contribution is -0.974. The highest BCUT2D eigenvalue weighted by Gasteiger charge is 2.13. The zero-order valence-electron chi connectivity index (χ0n) is 18.0. The molecule has 9 N–H and O–H groups in total. The summed E-state index contributed by atoms with van der Waals surface area (Å²) in [7, 11) is 7.31. The maximum absolute atomic E-state index is 5.47. The normalized spacial score (nSPS) is 14.5. The van der Waals surface area contributed by atoms with Crippen LogP contribution in [-0.2, 0) is 24.2 Å². The molecule has 0 spiro atoms. The van der Waals surface area contributed by atoms with Crippen LogP contribution in [0.25, 0.3) is 0 Å². The van der Waals surface area contributed by atoms with Gasteiger partial charge in [-0.05, 0) is 47.5 Å². The molecule has 31 heavy (non-hydrogen) atoms. The Morgan fingerprint density at radius 1 is 0.871 bits per heavy atom. The molecule has 1 aliphatic carbocycles. The lowest BCUT2D eigenvalue weighted by atomic mass is 9.98. The summed E-state index contributed by atoms with van der Waals surface area (Å²) in [5.41, 5.74) is 0.0573. The fourth-order valence-electron chi connectivity index (χ4n) is 1.20. The Labute approximate surface area is 196 Å². The summed E-state index contributed by atoms with van der Waals surface area (Å²) < 4.78 is 0. The Morgan fingerprint density at radius 2 is 1.32 bits per heavy atom. The third-order valence-corrected chi connectivity index (χ3v) is 2.57. The molecule has 0 aromatic carbocycles. The van der Waals surface area contributed by atoms with Crippen LogP contribution in [0.2, 0.25) is 0 Å². The first-order valence-electron chi connectivity index (χ1n) is 8.61. The van der Waals surface area contributed by atoms with E-state index >= 15 is 0 Å². The van der Waals surface area contributed by atoms with Crippen LogP contribution in [-0.4, -0.2) is 79.0 Å². The topological polar surface area (TPSA) is 117 Å². The third kappa shape index (κ3) is 53.3. The molecule has 1 rings (SSSR count). The standard InChI is InChI=1S/C6H16BNO.C4H14BNO.C3H12BNO.C2H10BNO.CH8BNO/c7-8-9-6-4-2-1-3-5-6;1-4(2,3)7-6-5;1-3(2)6-5-4;1-4(3)5-2;1-4-3-2/h6H,1-5,8H2,7H3;6H2,1-3,5H3;3H,5H2,1-2,4H3;4H,1-3H3;3H2,1-2H3. The minimum Gasteiger partial charge on any atom is -0.390 e. The molecular weight excluding hydrogens is 396 g/mol. The Balaban J connectivity index is -0.000000152. The molecule has 194 valence electrons. The lowest BCUT2D eigenvalue weighted by Crippen LogP contribution is -3.05. The molecule has 0 amide bonds. The summed E-state index contributed by atoms with van der Waals surface area (Å²) in [4.78, 5) is 26.3. The molecular formula is C16H60B5N5O5. The highest BCUT2D eigenvalue weighted by atomic mass is 16.7. The maximum Gasteiger partial charge on any atom is 0.197 e. The van der Waals surface area contributed by atoms with Gasteiger partial charge in [-0.3, -0.25) is 24.2 Å². The number of rotatable bonds is 7. The zero-order chi connectivity index (χ0) is 25.1. The van der Waals surface area contributed by atoms with Crippen molar-refractivity contribution >= 4 is 39.9 Å². The van der Waals surface area contributed by atoms with Gasteiger partial charge in [0, 0.05) is 0 Å². The molecule has 1 unspecified atom stereocenters. The first kappa shape index (κ1) is 38.2. The van der Waals surface area contributed by atoms with Crippen LogP contribution in [0.15, 0.2) is 0 Å². The van der Waals surface area contributed by atoms with Crippen molar-refractivity contribution < 1.29 is 50.7 Å². The summed E-state index contributed by atoms with van der Waals surface area (Å²) >= 11 is 0. The molecule has 0 aromatic rings. The van der Waals surface area contributed by atoms with Gasteiger partial charge in [0.05, 0.1) is 21.3 Å². The molecule has 1 saturated carbocycles. The highest BCUT2D eigenvalue weighted by molar-refractivity contribution is 5.94. The minimum absolute atomic E-state index is 0.0573. The first-order chi connectivity index (χ1) is 14.4. The van der Waals surface area contributed by atoms with Gasteiger partial charge >= 0.3 is 0 Å². The third-order valence-electron chi connectivity index (χ3n) is 2.57. The van der Waals surface area contributed by atoms with Crippen molar-refractivity contribution in [3.05, 3.63) is 0 Å². The van der Waals surface area contributed by atoms with E-state index in [1.165, 1.54) is 37.1 Å². The predicted molar refractivity (Wildman–Crippen MR) is 143 cm³/mol. The van der Waals surface area contributed by atoms with E-state index < -0.39 is 0 Å². The van der Waals surface area contributed by atoms with Gasteiger partial charge in [-0.15, -0.1) is 0 Å². The second-order valence-electron chi connectivity index (χ2n) is 6.46. The van der Waals surface area contributed by atoms with Gasteiger partial charge in [0.25, 0.3) is 0 Å². The van der Waals surface area contributed by atoms with E-state index in [9.17, 15) is 0 Å². The van der Waals surface area contributed by atoms with Crippen LogP contribution in [0.3, 0.4) is 0 Å². The fourth-order valence-corrected chi connectivity index (χ4v) is 1.20. The maximum atomic E-state index is 5.47. The quantitative estimate of drug-likeness (QED) is 0.193. The molecule has 1 atom stereocenters. The van der Waals surface area contributed by atoms with E-state index in [1.807, 2.05) is 37.1 Å². The van der Waals surface area contributed by atoms with Crippen molar-refractivity contribution in [1.82, 2.24) is 0 Å². The van der Waals surface area contributed by atoms with Gasteiger partial charge in [0.15, 0.2) is 39.9 Å². The van der Waals surface area contributed by atoms with Crippen LogP contribution < -0.4 is 26.5 Å². The summed E-state index contributed by atoms with van der Waals surface area (Å²) in [6.07, 6.45) is 7.83. The molecule has 0 radical (unpaired) electrons. The van der Waals surface area contributed by atoms with E-state index in [4.69, 9.17) is 19.4 Å². The van der Waals surface area contributed by atoms with Crippen LogP contribution in [0.1, 0.15) is 66.7 Å². The second kappa shape index (κ2) is 29.9. The van der Waals surface area contributed by atoms with Crippen molar-refractivity contribution in [3.63, 3.8) is 0 Å². The van der Waals surface area contributed by atoms with Gasteiger partial charge in [-0.2, -0.15) is 0 Å². The SMILES string of the molecule is [BH3-][NH+](C)OC.[BH3-][NH2+]OC.[BH3-][NH2+]OC(C)(C)C.[BH3-][NH2+]OC(C)C.[BH3-][NH2+]OC1CCCCC1. The van der Waals surface area contributed by atoms with Crippen LogP contribution in [0, 0.1) is 0 Å². The van der Waals surface area contributed by atoms with Crippen molar-refractivity contribution in [3.8, 4) is 0 Å². The monoisotopic (exact) mass is 458 g/mol. The zero-order valence-corrected chi connectivity index (χ0v) is 18.0. The number of nitrogens with one attached hydrogen (secondary N) is 1. The minimum atomic E-state index is 0.0573. The van der Waals surface area contributed by atoms with E-state index in [0.717, 1.165) is 0 Å². The largest absolute Gasteiger partial charge is 0.390 e. The Morgan fingerprint density at radius 3 is 1.48 bits per heavy atom. The molecule has 0 aromatic heterocycles. The fraction of sp³-hybridized carbons (Fsp3) is 1.00. The smallest absolute Gasteiger partial charge is 0.197 e. The molecule has 10 nitrogen and oxygen atoms in total. The summed E-state index contributed by atoms with van der Waals surface area (Å²) in [5, 5.41) is 7.85. The van der Waals surface area contributed by atoms with Gasteiger partial charge in [-0.25, -0.2) is 0 Å². The number of hydrogen-bond donors (Lipinski definition) is 5. The number of quaternary nitrogens is 5. The average Bonchev–Trinajstić information content (AvgIpc) is 2.69. The Hall–Kier alpha value is -0.0753. The van der Waals surface area contributed by atoms with E-state index in [-0.39, 0.29) is 5.60 Å². The van der Waals surface area contributed by atoms with Crippen LogP contribution in [0.4, 0.5) is 0 Å². The average molecular weight is 457 g/mol. The van der Waals surface area contributed by atoms with Gasteiger partial charge in [0.1, 0.15) is 17.8 Å². The van der Waals surface area contributed by atoms with Crippen molar-refractivity contribution in [1.29, 1.82) is 0 Å².